The maximum absolute atomic E-state index is 12.1. The van der Waals surface area contributed by atoms with Crippen LogP contribution in [0.2, 0.25) is 0 Å². The number of sulfonamides is 1. The van der Waals surface area contributed by atoms with Crippen molar-refractivity contribution in [3.05, 3.63) is 57.0 Å². The van der Waals surface area contributed by atoms with Crippen LogP contribution in [0.5, 0.6) is 5.75 Å². The Bertz CT molecular complexity index is 756. The molecule has 4 nitrogen and oxygen atoms in total. The second kappa shape index (κ2) is 7.12. The summed E-state index contributed by atoms with van der Waals surface area (Å²) in [5.74, 6) is 0.684. The summed E-state index contributed by atoms with van der Waals surface area (Å²) in [5, 5.41) is 0. The van der Waals surface area contributed by atoms with E-state index < -0.39 is 10.0 Å². The highest BCUT2D eigenvalue weighted by Crippen LogP contribution is 2.33. The van der Waals surface area contributed by atoms with Crippen LogP contribution in [0, 0.1) is 0 Å². The lowest BCUT2D eigenvalue weighted by molar-refractivity contribution is 0.302. The number of rotatable bonds is 5. The quantitative estimate of drug-likeness (QED) is 0.693. The van der Waals surface area contributed by atoms with Gasteiger partial charge in [-0.15, -0.1) is 0 Å². The standard InChI is InChI=1S/C15H15Br2NO3S/c1-18(2)22(19,20)12-6-3-5-11(9-12)10-21-15-13(16)7-4-8-14(15)17/h3-9H,10H2,1-2H3. The molecule has 0 amide bonds. The highest BCUT2D eigenvalue weighted by Gasteiger charge is 2.17. The summed E-state index contributed by atoms with van der Waals surface area (Å²) in [5.41, 5.74) is 0.783. The first kappa shape index (κ1) is 17.5. The molecule has 0 atom stereocenters. The monoisotopic (exact) mass is 447 g/mol. The second-order valence-electron chi connectivity index (χ2n) is 4.77. The number of nitrogens with zero attached hydrogens (tertiary/aromatic N) is 1. The number of halogens is 2. The van der Waals surface area contributed by atoms with Crippen LogP contribution in [-0.2, 0) is 16.6 Å². The molecule has 0 saturated carbocycles. The van der Waals surface area contributed by atoms with Crippen molar-refractivity contribution in [1.82, 2.24) is 4.31 Å². The Morgan fingerprint density at radius 2 is 1.64 bits per heavy atom. The van der Waals surface area contributed by atoms with Crippen LogP contribution < -0.4 is 4.74 Å². The maximum Gasteiger partial charge on any atom is 0.242 e. The lowest BCUT2D eigenvalue weighted by atomic mass is 10.2. The topological polar surface area (TPSA) is 46.6 Å². The molecule has 2 aromatic rings. The molecule has 0 heterocycles. The molecule has 22 heavy (non-hydrogen) atoms. The molecule has 0 saturated heterocycles. The van der Waals surface area contributed by atoms with E-state index in [4.69, 9.17) is 4.74 Å². The van der Waals surface area contributed by atoms with Crippen molar-refractivity contribution in [1.29, 1.82) is 0 Å². The Balaban J connectivity index is 2.22. The molecule has 2 aromatic carbocycles. The van der Waals surface area contributed by atoms with Crippen LogP contribution in [-0.4, -0.2) is 26.8 Å². The Morgan fingerprint density at radius 3 is 2.23 bits per heavy atom. The summed E-state index contributed by atoms with van der Waals surface area (Å²) in [6.07, 6.45) is 0. The molecule has 0 radical (unpaired) electrons. The van der Waals surface area contributed by atoms with Gasteiger partial charge in [0.2, 0.25) is 10.0 Å². The third-order valence-electron chi connectivity index (χ3n) is 2.98. The van der Waals surface area contributed by atoms with Crippen molar-refractivity contribution in [3.8, 4) is 5.75 Å². The predicted octanol–water partition coefficient (Wildman–Crippen LogP) is 4.04. The average Bonchev–Trinajstić information content (AvgIpc) is 2.47. The molecular formula is C15H15Br2NO3S. The second-order valence-corrected chi connectivity index (χ2v) is 8.63. The molecule has 0 fully saturated rings. The van der Waals surface area contributed by atoms with Crippen molar-refractivity contribution < 1.29 is 13.2 Å². The van der Waals surface area contributed by atoms with E-state index >= 15 is 0 Å². The van der Waals surface area contributed by atoms with Gasteiger partial charge in [-0.1, -0.05) is 18.2 Å². The first-order valence-corrected chi connectivity index (χ1v) is 9.43. The molecule has 0 aliphatic rings. The molecule has 0 bridgehead atoms. The number of benzene rings is 2. The fourth-order valence-corrected chi connectivity index (χ4v) is 3.98. The van der Waals surface area contributed by atoms with Crippen LogP contribution in [0.4, 0.5) is 0 Å². The lowest BCUT2D eigenvalue weighted by Crippen LogP contribution is -2.22. The van der Waals surface area contributed by atoms with E-state index in [0.717, 1.165) is 14.5 Å². The molecule has 0 unspecified atom stereocenters. The molecular weight excluding hydrogens is 434 g/mol. The van der Waals surface area contributed by atoms with Crippen LogP contribution in [0.15, 0.2) is 56.3 Å². The normalized spacial score (nSPS) is 11.7. The summed E-state index contributed by atoms with van der Waals surface area (Å²) < 4.78 is 32.9. The van der Waals surface area contributed by atoms with Gasteiger partial charge in [-0.25, -0.2) is 12.7 Å². The molecule has 7 heteroatoms. The Labute approximate surface area is 147 Å². The van der Waals surface area contributed by atoms with Gasteiger partial charge < -0.3 is 4.74 Å². The zero-order valence-corrected chi connectivity index (χ0v) is 16.1. The van der Waals surface area contributed by atoms with Crippen molar-refractivity contribution in [2.24, 2.45) is 0 Å². The van der Waals surface area contributed by atoms with Crippen LogP contribution >= 0.6 is 31.9 Å². The number of para-hydroxylation sites is 1. The van der Waals surface area contributed by atoms with Crippen molar-refractivity contribution >= 4 is 41.9 Å². The minimum atomic E-state index is -3.44. The first-order chi connectivity index (χ1) is 10.3. The summed E-state index contributed by atoms with van der Waals surface area (Å²) >= 11 is 6.86. The van der Waals surface area contributed by atoms with Gasteiger partial charge in [-0.05, 0) is 61.7 Å². The van der Waals surface area contributed by atoms with E-state index in [1.54, 1.807) is 18.2 Å². The largest absolute Gasteiger partial charge is 0.487 e. The lowest BCUT2D eigenvalue weighted by Gasteiger charge is -2.13. The van der Waals surface area contributed by atoms with Gasteiger partial charge in [0.05, 0.1) is 13.8 Å². The van der Waals surface area contributed by atoms with Gasteiger partial charge in [0.15, 0.2) is 0 Å². The van der Waals surface area contributed by atoms with E-state index in [-0.39, 0.29) is 11.5 Å². The fourth-order valence-electron chi connectivity index (χ4n) is 1.78. The summed E-state index contributed by atoms with van der Waals surface area (Å²) in [7, 11) is -0.418. The Kier molecular flexibility index (Phi) is 5.65. The predicted molar refractivity (Wildman–Crippen MR) is 93.5 cm³/mol. The molecule has 0 aliphatic heterocycles. The minimum Gasteiger partial charge on any atom is -0.487 e. The van der Waals surface area contributed by atoms with Crippen molar-refractivity contribution in [2.45, 2.75) is 11.5 Å². The zero-order chi connectivity index (χ0) is 16.3. The van der Waals surface area contributed by atoms with Gasteiger partial charge in [-0.3, -0.25) is 0 Å². The number of hydrogen-bond donors (Lipinski definition) is 0. The van der Waals surface area contributed by atoms with E-state index in [9.17, 15) is 8.42 Å². The zero-order valence-electron chi connectivity index (χ0n) is 12.1. The van der Waals surface area contributed by atoms with E-state index in [1.165, 1.54) is 18.4 Å². The van der Waals surface area contributed by atoms with Gasteiger partial charge in [0.25, 0.3) is 0 Å². The molecule has 0 spiro atoms. The molecule has 2 rings (SSSR count). The van der Waals surface area contributed by atoms with Crippen LogP contribution in [0.3, 0.4) is 0 Å². The molecule has 0 aromatic heterocycles. The van der Waals surface area contributed by atoms with Crippen LogP contribution in [0.1, 0.15) is 5.56 Å². The van der Waals surface area contributed by atoms with E-state index in [0.29, 0.717) is 5.75 Å². The number of hydrogen-bond acceptors (Lipinski definition) is 3. The maximum atomic E-state index is 12.1. The molecule has 0 N–H and O–H groups in total. The summed E-state index contributed by atoms with van der Waals surface area (Å²) in [6, 6.07) is 12.4. The Hall–Kier alpha value is -0.890. The van der Waals surface area contributed by atoms with Gasteiger partial charge in [-0.2, -0.15) is 0 Å². The SMILES string of the molecule is CN(C)S(=O)(=O)c1cccc(COc2c(Br)cccc2Br)c1. The van der Waals surface area contributed by atoms with Crippen LogP contribution in [0.25, 0.3) is 0 Å². The summed E-state index contributed by atoms with van der Waals surface area (Å²) in [4.78, 5) is 0.254. The van der Waals surface area contributed by atoms with Gasteiger partial charge in [0.1, 0.15) is 12.4 Å². The smallest absolute Gasteiger partial charge is 0.242 e. The summed E-state index contributed by atoms with van der Waals surface area (Å²) in [6.45, 7) is 0.276. The number of ether oxygens (including phenoxy) is 1. The molecule has 118 valence electrons. The Morgan fingerprint density at radius 1 is 1.05 bits per heavy atom. The van der Waals surface area contributed by atoms with Gasteiger partial charge >= 0.3 is 0 Å². The first-order valence-electron chi connectivity index (χ1n) is 6.40. The van der Waals surface area contributed by atoms with E-state index in [2.05, 4.69) is 31.9 Å². The third kappa shape index (κ3) is 3.90. The molecule has 0 aliphatic carbocycles. The third-order valence-corrected chi connectivity index (χ3v) is 6.04. The van der Waals surface area contributed by atoms with E-state index in [1.807, 2.05) is 24.3 Å². The van der Waals surface area contributed by atoms with Gasteiger partial charge in [0, 0.05) is 14.1 Å². The minimum absolute atomic E-state index is 0.254. The van der Waals surface area contributed by atoms with Crippen molar-refractivity contribution in [2.75, 3.05) is 14.1 Å². The fraction of sp³-hybridized carbons (Fsp3) is 0.200. The highest BCUT2D eigenvalue weighted by molar-refractivity contribution is 9.11. The average molecular weight is 449 g/mol. The highest BCUT2D eigenvalue weighted by atomic mass is 79.9. The van der Waals surface area contributed by atoms with Crippen molar-refractivity contribution in [3.63, 3.8) is 0 Å².